The lowest BCUT2D eigenvalue weighted by atomic mass is 10.2. The minimum absolute atomic E-state index is 0.0406. The number of rotatable bonds is 7. The maximum Gasteiger partial charge on any atom is 0.325 e. The van der Waals surface area contributed by atoms with E-state index in [1.54, 1.807) is 12.1 Å². The molecule has 2 rings (SSSR count). The van der Waals surface area contributed by atoms with E-state index in [4.69, 9.17) is 16.3 Å². The predicted octanol–water partition coefficient (Wildman–Crippen LogP) is 2.47. The molecule has 0 saturated carbocycles. The fourth-order valence-corrected chi connectivity index (χ4v) is 2.33. The molecule has 2 amide bonds. The summed E-state index contributed by atoms with van der Waals surface area (Å²) in [6.45, 7) is 0.792. The van der Waals surface area contributed by atoms with E-state index in [0.29, 0.717) is 5.69 Å². The van der Waals surface area contributed by atoms with Gasteiger partial charge in [0.1, 0.15) is 11.6 Å². The quantitative estimate of drug-likeness (QED) is 0.413. The first-order valence-corrected chi connectivity index (χ1v) is 8.39. The average Bonchev–Trinajstić information content (AvgIpc) is 2.66. The Balaban J connectivity index is 1.81. The van der Waals surface area contributed by atoms with Gasteiger partial charge in [-0.1, -0.05) is 29.8 Å². The number of anilines is 1. The molecule has 0 radical (unpaired) electrons. The van der Waals surface area contributed by atoms with Gasteiger partial charge in [0.2, 0.25) is 0 Å². The standard InChI is InChI=1S/C18H16ClN3O6/c1-11-4-2-3-5-14(11)21-16(23)10-28-17(24)9-20-18(25)12-6-7-13(19)15(8-12)22(26)27/h2-8H,9-10H2,1H3,(H,20,25)(H,21,23). The number of para-hydroxylation sites is 1. The summed E-state index contributed by atoms with van der Waals surface area (Å²) in [6, 6.07) is 10.6. The summed E-state index contributed by atoms with van der Waals surface area (Å²) in [5.41, 5.74) is 0.985. The zero-order valence-corrected chi connectivity index (χ0v) is 15.5. The van der Waals surface area contributed by atoms with Crippen LogP contribution in [-0.2, 0) is 14.3 Å². The number of halogens is 1. The van der Waals surface area contributed by atoms with E-state index in [-0.39, 0.29) is 10.6 Å². The molecule has 0 heterocycles. The largest absolute Gasteiger partial charge is 0.454 e. The molecule has 28 heavy (non-hydrogen) atoms. The van der Waals surface area contributed by atoms with Crippen molar-refractivity contribution < 1.29 is 24.0 Å². The second-order valence-corrected chi connectivity index (χ2v) is 6.04. The van der Waals surface area contributed by atoms with E-state index in [9.17, 15) is 24.5 Å². The second-order valence-electron chi connectivity index (χ2n) is 5.63. The number of hydrogen-bond acceptors (Lipinski definition) is 6. The van der Waals surface area contributed by atoms with Crippen molar-refractivity contribution in [3.63, 3.8) is 0 Å². The van der Waals surface area contributed by atoms with E-state index >= 15 is 0 Å². The Morgan fingerprint density at radius 2 is 1.89 bits per heavy atom. The molecular weight excluding hydrogens is 390 g/mol. The average molecular weight is 406 g/mol. The monoisotopic (exact) mass is 405 g/mol. The van der Waals surface area contributed by atoms with Gasteiger partial charge >= 0.3 is 5.97 Å². The van der Waals surface area contributed by atoms with Crippen molar-refractivity contribution in [1.29, 1.82) is 0 Å². The van der Waals surface area contributed by atoms with Gasteiger partial charge in [0, 0.05) is 17.3 Å². The topological polar surface area (TPSA) is 128 Å². The predicted molar refractivity (Wildman–Crippen MR) is 101 cm³/mol. The molecule has 0 atom stereocenters. The number of ether oxygens (including phenoxy) is 1. The molecule has 0 unspecified atom stereocenters. The third kappa shape index (κ3) is 5.78. The molecule has 0 fully saturated rings. The number of hydrogen-bond donors (Lipinski definition) is 2. The van der Waals surface area contributed by atoms with Crippen molar-refractivity contribution in [3.05, 3.63) is 68.7 Å². The van der Waals surface area contributed by atoms with Crippen molar-refractivity contribution in [2.45, 2.75) is 6.92 Å². The number of benzene rings is 2. The number of carbonyl (C=O) groups is 3. The van der Waals surface area contributed by atoms with Crippen LogP contribution in [0.1, 0.15) is 15.9 Å². The Morgan fingerprint density at radius 1 is 1.18 bits per heavy atom. The Morgan fingerprint density at radius 3 is 2.57 bits per heavy atom. The molecular formula is C18H16ClN3O6. The van der Waals surface area contributed by atoms with Crippen LogP contribution in [-0.4, -0.2) is 35.9 Å². The summed E-state index contributed by atoms with van der Waals surface area (Å²) in [5, 5.41) is 15.6. The van der Waals surface area contributed by atoms with Crippen LogP contribution in [0.25, 0.3) is 0 Å². The van der Waals surface area contributed by atoms with Gasteiger partial charge in [-0.25, -0.2) is 0 Å². The summed E-state index contributed by atoms with van der Waals surface area (Å²) >= 11 is 5.68. The number of nitrogens with zero attached hydrogens (tertiary/aromatic N) is 1. The van der Waals surface area contributed by atoms with Gasteiger partial charge in [-0.15, -0.1) is 0 Å². The van der Waals surface area contributed by atoms with Crippen molar-refractivity contribution in [3.8, 4) is 0 Å². The molecule has 0 aliphatic heterocycles. The maximum atomic E-state index is 12.0. The van der Waals surface area contributed by atoms with E-state index in [1.807, 2.05) is 19.1 Å². The Labute approximate surface area is 164 Å². The van der Waals surface area contributed by atoms with E-state index < -0.39 is 41.5 Å². The van der Waals surface area contributed by atoms with Gasteiger partial charge in [-0.3, -0.25) is 24.5 Å². The highest BCUT2D eigenvalue weighted by molar-refractivity contribution is 6.32. The van der Waals surface area contributed by atoms with E-state index in [0.717, 1.165) is 11.6 Å². The Kier molecular flexibility index (Phi) is 7.05. The minimum atomic E-state index is -0.836. The summed E-state index contributed by atoms with van der Waals surface area (Å²) < 4.78 is 4.79. The van der Waals surface area contributed by atoms with Crippen LogP contribution < -0.4 is 10.6 Å². The van der Waals surface area contributed by atoms with Gasteiger partial charge < -0.3 is 15.4 Å². The van der Waals surface area contributed by atoms with Gasteiger partial charge in [-0.2, -0.15) is 0 Å². The Bertz CT molecular complexity index is 931. The number of esters is 1. The fourth-order valence-electron chi connectivity index (χ4n) is 2.14. The molecule has 9 nitrogen and oxygen atoms in total. The number of aryl methyl sites for hydroxylation is 1. The third-order valence-electron chi connectivity index (χ3n) is 3.58. The van der Waals surface area contributed by atoms with Gasteiger partial charge in [0.15, 0.2) is 6.61 Å². The summed E-state index contributed by atoms with van der Waals surface area (Å²) in [5.74, 6) is -2.08. The number of nitro groups is 1. The molecule has 0 saturated heterocycles. The van der Waals surface area contributed by atoms with Crippen LogP contribution in [0.2, 0.25) is 5.02 Å². The number of nitrogens with one attached hydrogen (secondary N) is 2. The highest BCUT2D eigenvalue weighted by Gasteiger charge is 2.17. The van der Waals surface area contributed by atoms with Crippen LogP contribution in [0.5, 0.6) is 0 Å². The lowest BCUT2D eigenvalue weighted by Crippen LogP contribution is -2.32. The lowest BCUT2D eigenvalue weighted by molar-refractivity contribution is -0.384. The molecule has 10 heteroatoms. The fraction of sp³-hybridized carbons (Fsp3) is 0.167. The smallest absolute Gasteiger partial charge is 0.325 e. The molecule has 0 aliphatic rings. The van der Waals surface area contributed by atoms with Gasteiger partial charge in [0.05, 0.1) is 4.92 Å². The summed E-state index contributed by atoms with van der Waals surface area (Å²) in [6.07, 6.45) is 0. The zero-order chi connectivity index (χ0) is 20.7. The highest BCUT2D eigenvalue weighted by Crippen LogP contribution is 2.24. The zero-order valence-electron chi connectivity index (χ0n) is 14.7. The van der Waals surface area contributed by atoms with E-state index in [2.05, 4.69) is 10.6 Å². The van der Waals surface area contributed by atoms with Crippen molar-refractivity contribution >= 4 is 40.8 Å². The Hall–Kier alpha value is -3.46. The molecule has 146 valence electrons. The van der Waals surface area contributed by atoms with Crippen LogP contribution in [0.3, 0.4) is 0 Å². The first-order chi connectivity index (χ1) is 13.3. The molecule has 0 aromatic heterocycles. The normalized spacial score (nSPS) is 10.1. The third-order valence-corrected chi connectivity index (χ3v) is 3.90. The molecule has 2 N–H and O–H groups in total. The van der Waals surface area contributed by atoms with Crippen molar-refractivity contribution in [2.75, 3.05) is 18.5 Å². The number of amides is 2. The first kappa shape index (κ1) is 20.8. The first-order valence-electron chi connectivity index (χ1n) is 8.01. The van der Waals surface area contributed by atoms with Crippen molar-refractivity contribution in [1.82, 2.24) is 5.32 Å². The summed E-state index contributed by atoms with van der Waals surface area (Å²) in [4.78, 5) is 45.6. The van der Waals surface area contributed by atoms with Crippen LogP contribution in [0, 0.1) is 17.0 Å². The van der Waals surface area contributed by atoms with Crippen molar-refractivity contribution in [2.24, 2.45) is 0 Å². The van der Waals surface area contributed by atoms with Gasteiger partial charge in [0.25, 0.3) is 17.5 Å². The molecule has 0 bridgehead atoms. The molecule has 0 aliphatic carbocycles. The van der Waals surface area contributed by atoms with E-state index in [1.165, 1.54) is 12.1 Å². The maximum absolute atomic E-state index is 12.0. The number of nitro benzene ring substituents is 1. The van der Waals surface area contributed by atoms with Gasteiger partial charge in [-0.05, 0) is 30.7 Å². The lowest BCUT2D eigenvalue weighted by Gasteiger charge is -2.09. The van der Waals surface area contributed by atoms with Crippen LogP contribution in [0.15, 0.2) is 42.5 Å². The SMILES string of the molecule is Cc1ccccc1NC(=O)COC(=O)CNC(=O)c1ccc(Cl)c([N+](=O)[O-])c1. The van der Waals surface area contributed by atoms with Crippen LogP contribution in [0.4, 0.5) is 11.4 Å². The molecule has 0 spiro atoms. The highest BCUT2D eigenvalue weighted by atomic mass is 35.5. The number of carbonyl (C=O) groups excluding carboxylic acids is 3. The minimum Gasteiger partial charge on any atom is -0.454 e. The molecule has 2 aromatic rings. The van der Waals surface area contributed by atoms with Crippen LogP contribution >= 0.6 is 11.6 Å². The summed E-state index contributed by atoms with van der Waals surface area (Å²) in [7, 11) is 0. The molecule has 2 aromatic carbocycles. The second kappa shape index (κ2) is 9.47.